The quantitative estimate of drug-likeness (QED) is 0.446. The van der Waals surface area contributed by atoms with Crippen LogP contribution in [0.1, 0.15) is 13.8 Å². The third-order valence-corrected chi connectivity index (χ3v) is 3.22. The Morgan fingerprint density at radius 1 is 1.38 bits per heavy atom. The van der Waals surface area contributed by atoms with Crippen molar-refractivity contribution in [2.45, 2.75) is 13.8 Å². The van der Waals surface area contributed by atoms with Gasteiger partial charge in [0.15, 0.2) is 0 Å². The molecule has 0 unspecified atom stereocenters. The lowest BCUT2D eigenvalue weighted by atomic mass is 10.2. The maximum atomic E-state index is 8.98. The number of nitrogens with zero attached hydrogens (tertiary/aromatic N) is 3. The Labute approximate surface area is 102 Å². The molecule has 0 radical (unpaired) electrons. The lowest BCUT2D eigenvalue weighted by Gasteiger charge is -2.36. The number of rotatable bonds is 3. The molecule has 0 aromatic carbocycles. The molecule has 88 valence electrons. The highest BCUT2D eigenvalue weighted by Gasteiger charge is 2.18. The first kappa shape index (κ1) is 12.9. The Kier molecular flexibility index (Phi) is 4.71. The fourth-order valence-electron chi connectivity index (χ4n) is 1.87. The van der Waals surface area contributed by atoms with Gasteiger partial charge in [0.2, 0.25) is 0 Å². The lowest BCUT2D eigenvalue weighted by Crippen LogP contribution is -2.45. The fraction of sp³-hybridized carbons (Fsp3) is 0.636. The standard InChI is InChI=1S/C11H18N4S/c1-3-14-4-6-15(7-5-14)9(2)10(8-12)11(13)16/h3-7H2,1-2H3,(H2,13,16)/b10-9-. The molecule has 0 bridgehead atoms. The van der Waals surface area contributed by atoms with E-state index in [0.29, 0.717) is 5.57 Å². The Morgan fingerprint density at radius 2 is 1.94 bits per heavy atom. The van der Waals surface area contributed by atoms with Gasteiger partial charge in [-0.05, 0) is 13.5 Å². The maximum Gasteiger partial charge on any atom is 0.116 e. The summed E-state index contributed by atoms with van der Waals surface area (Å²) in [7, 11) is 0. The zero-order chi connectivity index (χ0) is 12.1. The van der Waals surface area contributed by atoms with Gasteiger partial charge in [-0.15, -0.1) is 0 Å². The van der Waals surface area contributed by atoms with Crippen LogP contribution in [0.4, 0.5) is 0 Å². The van der Waals surface area contributed by atoms with E-state index in [2.05, 4.69) is 22.8 Å². The van der Waals surface area contributed by atoms with Gasteiger partial charge in [0, 0.05) is 31.9 Å². The van der Waals surface area contributed by atoms with Gasteiger partial charge < -0.3 is 15.5 Å². The van der Waals surface area contributed by atoms with E-state index in [4.69, 9.17) is 23.2 Å². The molecular formula is C11H18N4S. The minimum absolute atomic E-state index is 0.193. The molecule has 1 aliphatic heterocycles. The van der Waals surface area contributed by atoms with Crippen molar-refractivity contribution in [2.24, 2.45) is 5.73 Å². The summed E-state index contributed by atoms with van der Waals surface area (Å²) >= 11 is 4.87. The van der Waals surface area contributed by atoms with Crippen LogP contribution in [0.5, 0.6) is 0 Å². The van der Waals surface area contributed by atoms with Crippen molar-refractivity contribution in [3.63, 3.8) is 0 Å². The zero-order valence-electron chi connectivity index (χ0n) is 9.86. The molecule has 2 N–H and O–H groups in total. The van der Waals surface area contributed by atoms with Crippen molar-refractivity contribution in [1.82, 2.24) is 9.80 Å². The molecule has 0 amide bonds. The molecule has 0 spiro atoms. The highest BCUT2D eigenvalue weighted by atomic mass is 32.1. The van der Waals surface area contributed by atoms with E-state index >= 15 is 0 Å². The smallest absolute Gasteiger partial charge is 0.116 e. The molecule has 5 heteroatoms. The first-order valence-electron chi connectivity index (χ1n) is 5.48. The predicted molar refractivity (Wildman–Crippen MR) is 68.8 cm³/mol. The molecule has 1 aliphatic rings. The molecular weight excluding hydrogens is 220 g/mol. The number of nitrogens with two attached hydrogens (primary N) is 1. The Morgan fingerprint density at radius 3 is 2.31 bits per heavy atom. The van der Waals surface area contributed by atoms with E-state index in [0.717, 1.165) is 38.4 Å². The largest absolute Gasteiger partial charge is 0.389 e. The normalized spacial score (nSPS) is 18.9. The van der Waals surface area contributed by atoms with Crippen molar-refractivity contribution in [3.05, 3.63) is 11.3 Å². The summed E-state index contributed by atoms with van der Waals surface area (Å²) in [5, 5.41) is 8.98. The van der Waals surface area contributed by atoms with E-state index in [1.807, 2.05) is 6.92 Å². The second kappa shape index (κ2) is 5.83. The minimum Gasteiger partial charge on any atom is -0.389 e. The fourth-order valence-corrected chi connectivity index (χ4v) is 2.07. The van der Waals surface area contributed by atoms with Crippen LogP contribution in [0.15, 0.2) is 11.3 Å². The highest BCUT2D eigenvalue weighted by Crippen LogP contribution is 2.13. The number of hydrogen-bond acceptors (Lipinski definition) is 4. The third kappa shape index (κ3) is 2.94. The topological polar surface area (TPSA) is 56.3 Å². The van der Waals surface area contributed by atoms with Gasteiger partial charge in [0.05, 0.1) is 0 Å². The van der Waals surface area contributed by atoms with Crippen molar-refractivity contribution in [3.8, 4) is 6.07 Å². The average Bonchev–Trinajstić information content (AvgIpc) is 2.29. The van der Waals surface area contributed by atoms with Crippen LogP contribution in [-0.2, 0) is 0 Å². The van der Waals surface area contributed by atoms with Crippen molar-refractivity contribution < 1.29 is 0 Å². The van der Waals surface area contributed by atoms with Crippen molar-refractivity contribution in [2.75, 3.05) is 32.7 Å². The second-order valence-corrected chi connectivity index (χ2v) is 4.30. The second-order valence-electron chi connectivity index (χ2n) is 3.86. The molecule has 16 heavy (non-hydrogen) atoms. The minimum atomic E-state index is 0.193. The summed E-state index contributed by atoms with van der Waals surface area (Å²) in [4.78, 5) is 4.76. The summed E-state index contributed by atoms with van der Waals surface area (Å²) in [6.07, 6.45) is 0. The van der Waals surface area contributed by atoms with Gasteiger partial charge in [0.25, 0.3) is 0 Å². The van der Waals surface area contributed by atoms with E-state index in [-0.39, 0.29) is 4.99 Å². The van der Waals surface area contributed by atoms with Crippen LogP contribution in [0, 0.1) is 11.3 Å². The van der Waals surface area contributed by atoms with Crippen LogP contribution < -0.4 is 5.73 Å². The molecule has 0 aromatic heterocycles. The van der Waals surface area contributed by atoms with Crippen LogP contribution >= 0.6 is 12.2 Å². The third-order valence-electron chi connectivity index (χ3n) is 3.01. The van der Waals surface area contributed by atoms with Gasteiger partial charge in [-0.2, -0.15) is 5.26 Å². The molecule has 4 nitrogen and oxygen atoms in total. The number of nitriles is 1. The maximum absolute atomic E-state index is 8.98. The zero-order valence-corrected chi connectivity index (χ0v) is 10.7. The first-order valence-corrected chi connectivity index (χ1v) is 5.89. The molecule has 0 aliphatic carbocycles. The van der Waals surface area contributed by atoms with Gasteiger partial charge in [-0.1, -0.05) is 19.1 Å². The van der Waals surface area contributed by atoms with Crippen LogP contribution in [0.3, 0.4) is 0 Å². The van der Waals surface area contributed by atoms with Gasteiger partial charge in [-0.3, -0.25) is 0 Å². The summed E-state index contributed by atoms with van der Waals surface area (Å²) in [5.41, 5.74) is 6.87. The molecule has 1 fully saturated rings. The Bertz CT molecular complexity index is 334. The molecule has 0 atom stereocenters. The summed E-state index contributed by atoms with van der Waals surface area (Å²) in [5.74, 6) is 0. The summed E-state index contributed by atoms with van der Waals surface area (Å²) < 4.78 is 0. The highest BCUT2D eigenvalue weighted by molar-refractivity contribution is 7.80. The van der Waals surface area contributed by atoms with E-state index in [1.54, 1.807) is 0 Å². The van der Waals surface area contributed by atoms with E-state index in [1.165, 1.54) is 0 Å². The molecule has 0 aromatic rings. The predicted octanol–water partition coefficient (Wildman–Crippen LogP) is 0.708. The van der Waals surface area contributed by atoms with E-state index in [9.17, 15) is 0 Å². The SMILES string of the molecule is CCN1CCN(/C(C)=C(/C#N)C(N)=S)CC1. The number of likely N-dealkylation sites (N-methyl/N-ethyl adjacent to an activating group) is 1. The van der Waals surface area contributed by atoms with Crippen molar-refractivity contribution in [1.29, 1.82) is 5.26 Å². The molecule has 1 rings (SSSR count). The first-order chi connectivity index (χ1) is 7.60. The monoisotopic (exact) mass is 238 g/mol. The van der Waals surface area contributed by atoms with Gasteiger partial charge in [-0.25, -0.2) is 0 Å². The Balaban J connectivity index is 2.73. The summed E-state index contributed by atoms with van der Waals surface area (Å²) in [6.45, 7) is 9.10. The number of allylic oxidation sites excluding steroid dienone is 1. The van der Waals surface area contributed by atoms with Crippen LogP contribution in [0.2, 0.25) is 0 Å². The molecule has 1 heterocycles. The molecule has 1 saturated heterocycles. The van der Waals surface area contributed by atoms with Gasteiger partial charge in [0.1, 0.15) is 16.6 Å². The number of thiocarbonyl (C=S) groups is 1. The van der Waals surface area contributed by atoms with Gasteiger partial charge >= 0.3 is 0 Å². The lowest BCUT2D eigenvalue weighted by molar-refractivity contribution is 0.165. The molecule has 0 saturated carbocycles. The number of hydrogen-bond donors (Lipinski definition) is 1. The summed E-state index contributed by atoms with van der Waals surface area (Å²) in [6, 6.07) is 2.08. The van der Waals surface area contributed by atoms with Crippen molar-refractivity contribution >= 4 is 17.2 Å². The average molecular weight is 238 g/mol. The van der Waals surface area contributed by atoms with Crippen LogP contribution in [0.25, 0.3) is 0 Å². The Hall–Kier alpha value is -1.12. The number of piperazine rings is 1. The van der Waals surface area contributed by atoms with E-state index < -0.39 is 0 Å². The van der Waals surface area contributed by atoms with Crippen LogP contribution in [-0.4, -0.2) is 47.5 Å².